The van der Waals surface area contributed by atoms with Crippen LogP contribution in [0.2, 0.25) is 0 Å². The monoisotopic (exact) mass is 385 g/mol. The third kappa shape index (κ3) is 3.90. The number of nitrogens with one attached hydrogen (secondary N) is 1. The van der Waals surface area contributed by atoms with E-state index in [9.17, 15) is 9.50 Å². The van der Waals surface area contributed by atoms with Crippen LogP contribution in [0.1, 0.15) is 19.4 Å². The average Bonchev–Trinajstić information content (AvgIpc) is 3.03. The maximum Gasteiger partial charge on any atom is 0.216 e. The molecule has 0 aliphatic rings. The smallest absolute Gasteiger partial charge is 0.216 e. The van der Waals surface area contributed by atoms with E-state index in [1.54, 1.807) is 30.3 Å². The van der Waals surface area contributed by atoms with Gasteiger partial charge in [-0.05, 0) is 50.3 Å². The zero-order valence-corrected chi connectivity index (χ0v) is 15.9. The van der Waals surface area contributed by atoms with Crippen LogP contribution in [0.5, 0.6) is 5.75 Å². The van der Waals surface area contributed by atoms with Crippen molar-refractivity contribution in [1.82, 2.24) is 14.9 Å². The molecule has 0 aliphatic heterocycles. The molecular formula is C19H20FN5OS. The Bertz CT molecular complexity index is 1020. The van der Waals surface area contributed by atoms with Crippen molar-refractivity contribution >= 4 is 24.1 Å². The Hall–Kier alpha value is -3.00. The Balaban J connectivity index is 1.95. The number of phenols is 1. The van der Waals surface area contributed by atoms with E-state index in [2.05, 4.69) is 34.0 Å². The van der Waals surface area contributed by atoms with E-state index in [4.69, 9.17) is 12.2 Å². The number of hydrogen-bond donors (Lipinski definition) is 2. The highest BCUT2D eigenvalue weighted by molar-refractivity contribution is 7.71. The molecule has 140 valence electrons. The van der Waals surface area contributed by atoms with Crippen molar-refractivity contribution in [3.63, 3.8) is 0 Å². The second kappa shape index (κ2) is 8.13. The van der Waals surface area contributed by atoms with Crippen molar-refractivity contribution in [2.24, 2.45) is 5.10 Å². The molecule has 27 heavy (non-hydrogen) atoms. The summed E-state index contributed by atoms with van der Waals surface area (Å²) in [6, 6.07) is 11.6. The molecular weight excluding hydrogens is 365 g/mol. The molecule has 2 aromatic carbocycles. The first-order valence-corrected chi connectivity index (χ1v) is 9.00. The predicted molar refractivity (Wildman–Crippen MR) is 107 cm³/mol. The fourth-order valence-electron chi connectivity index (χ4n) is 2.76. The second-order valence-electron chi connectivity index (χ2n) is 5.80. The van der Waals surface area contributed by atoms with Crippen LogP contribution < -0.4 is 4.90 Å². The number of rotatable bonds is 6. The van der Waals surface area contributed by atoms with E-state index < -0.39 is 5.82 Å². The highest BCUT2D eigenvalue weighted by Gasteiger charge is 2.12. The SMILES string of the molecule is CCN(CC)c1ccc(/C=N\n2c(-c3ccccc3F)n[nH]c2=S)c(O)c1. The number of hydrogen-bond acceptors (Lipinski definition) is 5. The molecule has 0 saturated carbocycles. The topological polar surface area (TPSA) is 69.4 Å². The predicted octanol–water partition coefficient (Wildman–Crippen LogP) is 4.18. The van der Waals surface area contributed by atoms with Gasteiger partial charge in [-0.15, -0.1) is 0 Å². The van der Waals surface area contributed by atoms with Gasteiger partial charge in [0.2, 0.25) is 4.77 Å². The molecule has 8 heteroatoms. The van der Waals surface area contributed by atoms with Gasteiger partial charge in [0.05, 0.1) is 11.8 Å². The summed E-state index contributed by atoms with van der Waals surface area (Å²) in [5, 5.41) is 21.3. The fraction of sp³-hybridized carbons (Fsp3) is 0.211. The first-order chi connectivity index (χ1) is 13.0. The van der Waals surface area contributed by atoms with Crippen LogP contribution in [0, 0.1) is 10.6 Å². The first kappa shape index (κ1) is 18.8. The number of halogens is 1. The van der Waals surface area contributed by atoms with E-state index in [-0.39, 0.29) is 21.9 Å². The molecule has 0 saturated heterocycles. The Labute approximate surface area is 161 Å². The van der Waals surface area contributed by atoms with Crippen LogP contribution in [-0.2, 0) is 0 Å². The van der Waals surface area contributed by atoms with Crippen LogP contribution in [0.3, 0.4) is 0 Å². The summed E-state index contributed by atoms with van der Waals surface area (Å²) in [6.07, 6.45) is 1.47. The minimum atomic E-state index is -0.422. The minimum Gasteiger partial charge on any atom is -0.507 e. The van der Waals surface area contributed by atoms with E-state index in [1.807, 2.05) is 6.07 Å². The number of H-pyrrole nitrogens is 1. The molecule has 1 heterocycles. The number of aromatic hydroxyl groups is 1. The molecule has 1 aromatic heterocycles. The Morgan fingerprint density at radius 2 is 2.00 bits per heavy atom. The van der Waals surface area contributed by atoms with Crippen molar-refractivity contribution in [3.05, 3.63) is 58.6 Å². The van der Waals surface area contributed by atoms with E-state index in [0.717, 1.165) is 18.8 Å². The standard InChI is InChI=1S/C19H20FN5OS/c1-3-24(4-2)14-10-9-13(17(26)11-14)12-21-25-18(22-23-19(25)27)15-7-5-6-8-16(15)20/h5-12,26H,3-4H2,1-2H3,(H,23,27)/b21-12-. The zero-order chi connectivity index (χ0) is 19.4. The molecule has 0 unspecified atom stereocenters. The second-order valence-corrected chi connectivity index (χ2v) is 6.19. The van der Waals surface area contributed by atoms with Gasteiger partial charge < -0.3 is 10.0 Å². The molecule has 0 atom stereocenters. The number of nitrogens with zero attached hydrogens (tertiary/aromatic N) is 4. The minimum absolute atomic E-state index is 0.102. The largest absolute Gasteiger partial charge is 0.507 e. The van der Waals surface area contributed by atoms with Gasteiger partial charge in [0.25, 0.3) is 0 Å². The summed E-state index contributed by atoms with van der Waals surface area (Å²) in [4.78, 5) is 2.13. The highest BCUT2D eigenvalue weighted by atomic mass is 32.1. The Morgan fingerprint density at radius 3 is 2.67 bits per heavy atom. The molecule has 3 aromatic rings. The third-order valence-electron chi connectivity index (χ3n) is 4.22. The normalized spacial score (nSPS) is 11.2. The van der Waals surface area contributed by atoms with E-state index in [1.165, 1.54) is 17.0 Å². The lowest BCUT2D eigenvalue weighted by atomic mass is 10.2. The van der Waals surface area contributed by atoms with Crippen molar-refractivity contribution in [3.8, 4) is 17.1 Å². The highest BCUT2D eigenvalue weighted by Crippen LogP contribution is 2.24. The zero-order valence-electron chi connectivity index (χ0n) is 15.1. The number of anilines is 1. The van der Waals surface area contributed by atoms with Crippen molar-refractivity contribution < 1.29 is 9.50 Å². The van der Waals surface area contributed by atoms with Gasteiger partial charge in [-0.25, -0.2) is 9.49 Å². The van der Waals surface area contributed by atoms with Crippen LogP contribution in [0.15, 0.2) is 47.6 Å². The molecule has 0 spiro atoms. The quantitative estimate of drug-likeness (QED) is 0.493. The molecule has 3 rings (SSSR count). The number of aromatic amines is 1. The van der Waals surface area contributed by atoms with Crippen LogP contribution in [-0.4, -0.2) is 39.3 Å². The van der Waals surface area contributed by atoms with Gasteiger partial charge in [0.15, 0.2) is 5.82 Å². The third-order valence-corrected chi connectivity index (χ3v) is 4.48. The van der Waals surface area contributed by atoms with Crippen LogP contribution >= 0.6 is 12.2 Å². The van der Waals surface area contributed by atoms with Crippen LogP contribution in [0.25, 0.3) is 11.4 Å². The van der Waals surface area contributed by atoms with Gasteiger partial charge >= 0.3 is 0 Å². The van der Waals surface area contributed by atoms with Gasteiger partial charge in [-0.2, -0.15) is 14.9 Å². The summed E-state index contributed by atoms with van der Waals surface area (Å²) < 4.78 is 15.6. The lowest BCUT2D eigenvalue weighted by molar-refractivity contribution is 0.474. The Morgan fingerprint density at radius 1 is 1.26 bits per heavy atom. The number of aromatic nitrogens is 3. The van der Waals surface area contributed by atoms with Crippen LogP contribution in [0.4, 0.5) is 10.1 Å². The molecule has 0 fully saturated rings. The first-order valence-electron chi connectivity index (χ1n) is 8.59. The molecule has 0 amide bonds. The van der Waals surface area contributed by atoms with Gasteiger partial charge in [-0.3, -0.25) is 0 Å². The number of benzene rings is 2. The maximum absolute atomic E-state index is 14.1. The van der Waals surface area contributed by atoms with Gasteiger partial charge in [0, 0.05) is 30.4 Å². The summed E-state index contributed by atoms with van der Waals surface area (Å²) in [6.45, 7) is 5.81. The summed E-state index contributed by atoms with van der Waals surface area (Å²) in [7, 11) is 0. The lowest BCUT2D eigenvalue weighted by Crippen LogP contribution is -2.21. The van der Waals surface area contributed by atoms with E-state index in [0.29, 0.717) is 5.56 Å². The maximum atomic E-state index is 14.1. The molecule has 0 aliphatic carbocycles. The lowest BCUT2D eigenvalue weighted by Gasteiger charge is -2.21. The summed E-state index contributed by atoms with van der Waals surface area (Å²) in [5.41, 5.74) is 1.73. The van der Waals surface area contributed by atoms with Crippen molar-refractivity contribution in [2.75, 3.05) is 18.0 Å². The summed E-state index contributed by atoms with van der Waals surface area (Å²) in [5.74, 6) is -0.0615. The molecule has 2 N–H and O–H groups in total. The van der Waals surface area contributed by atoms with Crippen molar-refractivity contribution in [1.29, 1.82) is 0 Å². The van der Waals surface area contributed by atoms with Gasteiger partial charge in [-0.1, -0.05) is 12.1 Å². The van der Waals surface area contributed by atoms with Crippen molar-refractivity contribution in [2.45, 2.75) is 13.8 Å². The average molecular weight is 385 g/mol. The fourth-order valence-corrected chi connectivity index (χ4v) is 2.94. The molecule has 0 bridgehead atoms. The Kier molecular flexibility index (Phi) is 5.66. The molecule has 0 radical (unpaired) electrons. The van der Waals surface area contributed by atoms with E-state index >= 15 is 0 Å². The number of phenolic OH excluding ortho intramolecular Hbond substituents is 1. The summed E-state index contributed by atoms with van der Waals surface area (Å²) >= 11 is 5.19. The van der Waals surface area contributed by atoms with Gasteiger partial charge in [0.1, 0.15) is 11.6 Å². The molecule has 6 nitrogen and oxygen atoms in total.